The van der Waals surface area contributed by atoms with Crippen molar-refractivity contribution in [3.05, 3.63) is 35.4 Å². The molecule has 0 saturated carbocycles. The maximum Gasteiger partial charge on any atom is 0.159 e. The summed E-state index contributed by atoms with van der Waals surface area (Å²) in [5, 5.41) is 5.15. The second-order valence-corrected chi connectivity index (χ2v) is 8.30. The Kier molecular flexibility index (Phi) is 5.75. The summed E-state index contributed by atoms with van der Waals surface area (Å²) in [4.78, 5) is 0. The van der Waals surface area contributed by atoms with E-state index in [4.69, 9.17) is 0 Å². The molecule has 4 unspecified atom stereocenters. The molecule has 1 aromatic carbocycles. The highest BCUT2D eigenvalue weighted by Gasteiger charge is 2.30. The van der Waals surface area contributed by atoms with Crippen molar-refractivity contribution in [2.75, 3.05) is 12.8 Å². The second kappa shape index (κ2) is 7.14. The van der Waals surface area contributed by atoms with Crippen LogP contribution < -0.4 is 5.32 Å². The van der Waals surface area contributed by atoms with Gasteiger partial charge in [-0.1, -0.05) is 19.9 Å². The predicted octanol–water partition coefficient (Wildman–Crippen LogP) is 3.72. The molecular weight excluding hydrogens is 296 g/mol. The van der Waals surface area contributed by atoms with Gasteiger partial charge in [0, 0.05) is 27.5 Å². The Hall–Kier alpha value is -0.260. The number of hydrogen-bond donors (Lipinski definition) is 1. The standard InChI is InChI=1S/C15H21F2NS2/c1-9-10(2)20-15(8-19-9)14(18-3)7-11-4-5-12(16)13(17)6-11/h4-6,9-10,14-15,18H,7-8H2,1-3H3. The normalized spacial score (nSPS) is 28.4. The van der Waals surface area contributed by atoms with E-state index in [1.54, 1.807) is 6.07 Å². The third-order valence-electron chi connectivity index (χ3n) is 3.83. The monoisotopic (exact) mass is 317 g/mol. The Balaban J connectivity index is 2.03. The molecule has 1 N–H and O–H groups in total. The molecule has 112 valence electrons. The van der Waals surface area contributed by atoms with Gasteiger partial charge in [-0.05, 0) is 31.2 Å². The number of thioether (sulfide) groups is 2. The van der Waals surface area contributed by atoms with Gasteiger partial charge in [0.2, 0.25) is 0 Å². The smallest absolute Gasteiger partial charge is 0.159 e. The maximum absolute atomic E-state index is 13.3. The summed E-state index contributed by atoms with van der Waals surface area (Å²) in [6.45, 7) is 4.53. The fraction of sp³-hybridized carbons (Fsp3) is 0.600. The molecule has 0 radical (unpaired) electrons. The molecule has 1 aliphatic heterocycles. The molecule has 1 heterocycles. The Labute approximate surface area is 128 Å². The first kappa shape index (κ1) is 16.1. The van der Waals surface area contributed by atoms with E-state index >= 15 is 0 Å². The minimum Gasteiger partial charge on any atom is -0.316 e. The zero-order valence-electron chi connectivity index (χ0n) is 12.0. The lowest BCUT2D eigenvalue weighted by atomic mass is 10.0. The van der Waals surface area contributed by atoms with Crippen LogP contribution >= 0.6 is 23.5 Å². The van der Waals surface area contributed by atoms with Gasteiger partial charge in [0.05, 0.1) is 0 Å². The van der Waals surface area contributed by atoms with Crippen molar-refractivity contribution in [2.45, 2.75) is 42.1 Å². The highest BCUT2D eigenvalue weighted by Crippen LogP contribution is 2.37. The number of likely N-dealkylation sites (N-methyl/N-ethyl adjacent to an activating group) is 1. The molecule has 4 atom stereocenters. The van der Waals surface area contributed by atoms with Gasteiger partial charge in [0.1, 0.15) is 0 Å². The molecule has 0 amide bonds. The summed E-state index contributed by atoms with van der Waals surface area (Å²) in [7, 11) is 1.94. The van der Waals surface area contributed by atoms with Gasteiger partial charge in [-0.3, -0.25) is 0 Å². The van der Waals surface area contributed by atoms with E-state index in [0.29, 0.717) is 15.7 Å². The van der Waals surface area contributed by atoms with Crippen LogP contribution in [0.2, 0.25) is 0 Å². The average Bonchev–Trinajstić information content (AvgIpc) is 2.43. The number of nitrogens with one attached hydrogen (secondary N) is 1. The number of benzene rings is 1. The van der Waals surface area contributed by atoms with E-state index in [9.17, 15) is 8.78 Å². The number of hydrogen-bond acceptors (Lipinski definition) is 3. The number of rotatable bonds is 4. The summed E-state index contributed by atoms with van der Waals surface area (Å²) >= 11 is 4.00. The van der Waals surface area contributed by atoms with Crippen LogP contribution in [0, 0.1) is 11.6 Å². The molecular formula is C15H21F2NS2. The molecule has 1 aromatic rings. The summed E-state index contributed by atoms with van der Waals surface area (Å²) in [6, 6.07) is 4.49. The Bertz CT molecular complexity index is 455. The summed E-state index contributed by atoms with van der Waals surface area (Å²) in [6.07, 6.45) is 0.729. The van der Waals surface area contributed by atoms with Crippen molar-refractivity contribution < 1.29 is 8.78 Å². The summed E-state index contributed by atoms with van der Waals surface area (Å²) in [5.74, 6) is -0.435. The van der Waals surface area contributed by atoms with E-state index in [1.165, 1.54) is 12.1 Å². The third kappa shape index (κ3) is 3.89. The summed E-state index contributed by atoms with van der Waals surface area (Å²) < 4.78 is 26.3. The lowest BCUT2D eigenvalue weighted by molar-refractivity contribution is 0.503. The van der Waals surface area contributed by atoms with Crippen LogP contribution in [0.15, 0.2) is 18.2 Å². The lowest BCUT2D eigenvalue weighted by Crippen LogP contribution is -2.43. The van der Waals surface area contributed by atoms with Crippen LogP contribution in [-0.2, 0) is 6.42 Å². The van der Waals surface area contributed by atoms with Gasteiger partial charge in [0.25, 0.3) is 0 Å². The van der Waals surface area contributed by atoms with Crippen molar-refractivity contribution >= 4 is 23.5 Å². The highest BCUT2D eigenvalue weighted by atomic mass is 32.2. The topological polar surface area (TPSA) is 12.0 Å². The average molecular weight is 317 g/mol. The minimum absolute atomic E-state index is 0.285. The van der Waals surface area contributed by atoms with Crippen molar-refractivity contribution in [3.63, 3.8) is 0 Å². The van der Waals surface area contributed by atoms with Gasteiger partial charge in [-0.2, -0.15) is 23.5 Å². The minimum atomic E-state index is -0.778. The predicted molar refractivity (Wildman–Crippen MR) is 85.7 cm³/mol. The van der Waals surface area contributed by atoms with E-state index in [2.05, 4.69) is 19.2 Å². The molecule has 0 spiro atoms. The van der Waals surface area contributed by atoms with Crippen molar-refractivity contribution in [1.82, 2.24) is 5.32 Å². The van der Waals surface area contributed by atoms with Crippen molar-refractivity contribution in [1.29, 1.82) is 0 Å². The zero-order valence-corrected chi connectivity index (χ0v) is 13.7. The first-order valence-electron chi connectivity index (χ1n) is 6.89. The third-order valence-corrected chi connectivity index (χ3v) is 7.38. The SMILES string of the molecule is CNC(Cc1ccc(F)c(F)c1)C1CSC(C)C(C)S1. The molecule has 5 heteroatoms. The molecule has 0 aromatic heterocycles. The van der Waals surface area contributed by atoms with E-state index in [0.717, 1.165) is 17.7 Å². The zero-order chi connectivity index (χ0) is 14.7. The van der Waals surface area contributed by atoms with E-state index < -0.39 is 11.6 Å². The fourth-order valence-corrected chi connectivity index (χ4v) is 5.53. The van der Waals surface area contributed by atoms with Gasteiger partial charge < -0.3 is 5.32 Å². The largest absolute Gasteiger partial charge is 0.316 e. The van der Waals surface area contributed by atoms with Gasteiger partial charge in [-0.15, -0.1) is 0 Å². The van der Waals surface area contributed by atoms with Gasteiger partial charge in [-0.25, -0.2) is 8.78 Å². The van der Waals surface area contributed by atoms with Crippen LogP contribution in [0.25, 0.3) is 0 Å². The maximum atomic E-state index is 13.3. The molecule has 1 nitrogen and oxygen atoms in total. The Morgan fingerprint density at radius 2 is 2.00 bits per heavy atom. The molecule has 2 rings (SSSR count). The van der Waals surface area contributed by atoms with Gasteiger partial charge >= 0.3 is 0 Å². The summed E-state index contributed by atoms with van der Waals surface area (Å²) in [5.41, 5.74) is 0.847. The van der Waals surface area contributed by atoms with Crippen LogP contribution in [0.4, 0.5) is 8.78 Å². The fourth-order valence-electron chi connectivity index (χ4n) is 2.36. The van der Waals surface area contributed by atoms with E-state index in [1.807, 2.05) is 30.6 Å². The second-order valence-electron chi connectivity index (χ2n) is 5.27. The molecule has 1 saturated heterocycles. The van der Waals surface area contributed by atoms with Crippen LogP contribution in [0.5, 0.6) is 0 Å². The van der Waals surface area contributed by atoms with Crippen LogP contribution in [0.1, 0.15) is 19.4 Å². The number of halogens is 2. The Morgan fingerprint density at radius 3 is 2.60 bits per heavy atom. The highest BCUT2D eigenvalue weighted by molar-refractivity contribution is 8.07. The lowest BCUT2D eigenvalue weighted by Gasteiger charge is -2.36. The van der Waals surface area contributed by atoms with Crippen LogP contribution in [0.3, 0.4) is 0 Å². The molecule has 0 aliphatic carbocycles. The first-order valence-corrected chi connectivity index (χ1v) is 8.88. The molecule has 0 bridgehead atoms. The van der Waals surface area contributed by atoms with Crippen molar-refractivity contribution in [2.24, 2.45) is 0 Å². The quantitative estimate of drug-likeness (QED) is 0.909. The van der Waals surface area contributed by atoms with E-state index in [-0.39, 0.29) is 6.04 Å². The molecule has 1 aliphatic rings. The Morgan fingerprint density at radius 1 is 1.25 bits per heavy atom. The molecule has 1 fully saturated rings. The van der Waals surface area contributed by atoms with Crippen LogP contribution in [-0.4, -0.2) is 34.6 Å². The molecule has 20 heavy (non-hydrogen) atoms. The van der Waals surface area contributed by atoms with Crippen molar-refractivity contribution in [3.8, 4) is 0 Å². The van der Waals surface area contributed by atoms with Gasteiger partial charge in [0.15, 0.2) is 11.6 Å². The first-order chi connectivity index (χ1) is 9.51.